The normalized spacial score (nSPS) is 23.8. The van der Waals surface area contributed by atoms with Crippen molar-refractivity contribution in [3.63, 3.8) is 0 Å². The van der Waals surface area contributed by atoms with Crippen molar-refractivity contribution in [1.29, 1.82) is 0 Å². The van der Waals surface area contributed by atoms with Crippen LogP contribution in [0.2, 0.25) is 0 Å². The van der Waals surface area contributed by atoms with Crippen molar-refractivity contribution in [3.05, 3.63) is 0 Å². The first kappa shape index (κ1) is 16.4. The number of carboxylic acids is 1. The molecule has 0 aromatic rings. The fourth-order valence-corrected chi connectivity index (χ4v) is 3.81. The van der Waals surface area contributed by atoms with Gasteiger partial charge in [-0.3, -0.25) is 0 Å². The number of carbonyl (C=O) groups is 2. The minimum absolute atomic E-state index is 0.296. The number of aliphatic carboxylic acids is 1. The van der Waals surface area contributed by atoms with E-state index < -0.39 is 12.0 Å². The summed E-state index contributed by atoms with van der Waals surface area (Å²) in [6.07, 6.45) is 6.29. The van der Waals surface area contributed by atoms with E-state index in [9.17, 15) is 9.59 Å². The smallest absolute Gasteiger partial charge is 0.327 e. The van der Waals surface area contributed by atoms with Crippen molar-refractivity contribution in [2.24, 2.45) is 0 Å². The number of hydrogen-bond acceptors (Lipinski definition) is 4. The summed E-state index contributed by atoms with van der Waals surface area (Å²) in [7, 11) is 0. The van der Waals surface area contributed by atoms with E-state index in [0.29, 0.717) is 31.6 Å². The zero-order valence-corrected chi connectivity index (χ0v) is 13.1. The maximum absolute atomic E-state index is 12.1. The molecular weight excluding hydrogens is 292 g/mol. The van der Waals surface area contributed by atoms with Crippen molar-refractivity contribution < 1.29 is 19.4 Å². The zero-order valence-electron chi connectivity index (χ0n) is 12.3. The predicted molar refractivity (Wildman–Crippen MR) is 81.7 cm³/mol. The summed E-state index contributed by atoms with van der Waals surface area (Å²) in [6.45, 7) is 1.42. The van der Waals surface area contributed by atoms with E-state index in [0.717, 1.165) is 18.6 Å². The SMILES string of the molecule is O=C(O)C1CSCCN1C(=O)NCCOC1CCCCC1. The van der Waals surface area contributed by atoms with Crippen LogP contribution in [0.15, 0.2) is 0 Å². The highest BCUT2D eigenvalue weighted by Crippen LogP contribution is 2.20. The number of carboxylic acid groups (broad SMARTS) is 1. The first-order valence-electron chi connectivity index (χ1n) is 7.65. The van der Waals surface area contributed by atoms with Gasteiger partial charge < -0.3 is 20.1 Å². The Morgan fingerprint density at radius 2 is 2.05 bits per heavy atom. The average Bonchev–Trinajstić information content (AvgIpc) is 2.52. The Labute approximate surface area is 129 Å². The Morgan fingerprint density at radius 3 is 2.76 bits per heavy atom. The Morgan fingerprint density at radius 1 is 1.29 bits per heavy atom. The molecule has 2 N–H and O–H groups in total. The van der Waals surface area contributed by atoms with E-state index in [1.165, 1.54) is 24.2 Å². The van der Waals surface area contributed by atoms with Crippen LogP contribution in [0.3, 0.4) is 0 Å². The molecule has 21 heavy (non-hydrogen) atoms. The Bertz CT molecular complexity index is 361. The molecule has 6 nitrogen and oxygen atoms in total. The van der Waals surface area contributed by atoms with Gasteiger partial charge in [0, 0.05) is 24.6 Å². The van der Waals surface area contributed by atoms with Crippen LogP contribution in [0.5, 0.6) is 0 Å². The van der Waals surface area contributed by atoms with Gasteiger partial charge in [0.2, 0.25) is 0 Å². The maximum atomic E-state index is 12.1. The number of hydrogen-bond donors (Lipinski definition) is 2. The molecule has 0 aromatic carbocycles. The summed E-state index contributed by atoms with van der Waals surface area (Å²) in [5.74, 6) is 0.313. The van der Waals surface area contributed by atoms with Crippen LogP contribution < -0.4 is 5.32 Å². The van der Waals surface area contributed by atoms with Crippen LogP contribution in [-0.2, 0) is 9.53 Å². The van der Waals surface area contributed by atoms with E-state index in [-0.39, 0.29) is 6.03 Å². The van der Waals surface area contributed by atoms with Gasteiger partial charge in [0.15, 0.2) is 0 Å². The lowest BCUT2D eigenvalue weighted by molar-refractivity contribution is -0.141. The van der Waals surface area contributed by atoms with Crippen LogP contribution in [0.25, 0.3) is 0 Å². The molecule has 0 radical (unpaired) electrons. The summed E-state index contributed by atoms with van der Waals surface area (Å²) in [4.78, 5) is 24.6. The third-order valence-corrected chi connectivity index (χ3v) is 4.98. The molecule has 1 heterocycles. The van der Waals surface area contributed by atoms with Crippen LogP contribution in [0, 0.1) is 0 Å². The third kappa shape index (κ3) is 5.07. The molecule has 0 bridgehead atoms. The van der Waals surface area contributed by atoms with E-state index in [1.807, 2.05) is 0 Å². The lowest BCUT2D eigenvalue weighted by Gasteiger charge is -2.32. The Balaban J connectivity index is 1.67. The molecule has 1 atom stereocenters. The van der Waals surface area contributed by atoms with Gasteiger partial charge in [0.25, 0.3) is 0 Å². The zero-order chi connectivity index (χ0) is 15.1. The van der Waals surface area contributed by atoms with Gasteiger partial charge in [-0.2, -0.15) is 11.8 Å². The fourth-order valence-electron chi connectivity index (χ4n) is 2.77. The monoisotopic (exact) mass is 316 g/mol. The van der Waals surface area contributed by atoms with Crippen LogP contribution in [0.4, 0.5) is 4.79 Å². The Kier molecular flexibility index (Phi) is 6.63. The number of urea groups is 1. The Hall–Kier alpha value is -0.950. The van der Waals surface area contributed by atoms with E-state index in [1.54, 1.807) is 11.8 Å². The highest BCUT2D eigenvalue weighted by Gasteiger charge is 2.32. The summed E-state index contributed by atoms with van der Waals surface area (Å²) in [5, 5.41) is 11.9. The van der Waals surface area contributed by atoms with Crippen LogP contribution in [-0.4, -0.2) is 65.4 Å². The van der Waals surface area contributed by atoms with Crippen molar-refractivity contribution >= 4 is 23.8 Å². The lowest BCUT2D eigenvalue weighted by atomic mass is 9.98. The second-order valence-corrected chi connectivity index (χ2v) is 6.63. The molecular formula is C14H24N2O4S. The van der Waals surface area contributed by atoms with Gasteiger partial charge in [-0.05, 0) is 12.8 Å². The molecule has 2 amide bonds. The molecule has 2 aliphatic rings. The van der Waals surface area contributed by atoms with Gasteiger partial charge in [-0.15, -0.1) is 0 Å². The molecule has 1 aliphatic heterocycles. The van der Waals surface area contributed by atoms with E-state index in [4.69, 9.17) is 9.84 Å². The fraction of sp³-hybridized carbons (Fsp3) is 0.857. The molecule has 2 fully saturated rings. The summed E-state index contributed by atoms with van der Waals surface area (Å²) in [6, 6.07) is -1.02. The predicted octanol–water partition coefficient (Wildman–Crippen LogP) is 1.55. The van der Waals surface area contributed by atoms with Crippen LogP contribution >= 0.6 is 11.8 Å². The number of amides is 2. The third-order valence-electron chi connectivity index (χ3n) is 3.96. The van der Waals surface area contributed by atoms with Crippen molar-refractivity contribution in [2.45, 2.75) is 44.2 Å². The second kappa shape index (κ2) is 8.48. The second-order valence-electron chi connectivity index (χ2n) is 5.49. The first-order chi connectivity index (χ1) is 10.2. The molecule has 1 saturated carbocycles. The highest BCUT2D eigenvalue weighted by atomic mass is 32.2. The van der Waals surface area contributed by atoms with Crippen molar-refractivity contribution in [2.75, 3.05) is 31.2 Å². The number of carbonyl (C=O) groups excluding carboxylic acids is 1. The molecule has 1 unspecified atom stereocenters. The molecule has 7 heteroatoms. The van der Waals surface area contributed by atoms with Crippen molar-refractivity contribution in [3.8, 4) is 0 Å². The summed E-state index contributed by atoms with van der Waals surface area (Å²) >= 11 is 1.57. The molecule has 0 aromatic heterocycles. The minimum atomic E-state index is -0.934. The molecule has 1 saturated heterocycles. The van der Waals surface area contributed by atoms with E-state index in [2.05, 4.69) is 5.32 Å². The van der Waals surface area contributed by atoms with Gasteiger partial charge >= 0.3 is 12.0 Å². The number of rotatable bonds is 5. The highest BCUT2D eigenvalue weighted by molar-refractivity contribution is 7.99. The summed E-state index contributed by atoms with van der Waals surface area (Å²) < 4.78 is 5.74. The molecule has 1 aliphatic carbocycles. The topological polar surface area (TPSA) is 78.9 Å². The van der Waals surface area contributed by atoms with E-state index >= 15 is 0 Å². The molecule has 0 spiro atoms. The summed E-state index contributed by atoms with van der Waals surface area (Å²) in [5.41, 5.74) is 0. The number of nitrogens with one attached hydrogen (secondary N) is 1. The first-order valence-corrected chi connectivity index (χ1v) is 8.80. The van der Waals surface area contributed by atoms with Gasteiger partial charge in [0.05, 0.1) is 12.7 Å². The maximum Gasteiger partial charge on any atom is 0.327 e. The minimum Gasteiger partial charge on any atom is -0.480 e. The lowest BCUT2D eigenvalue weighted by Crippen LogP contribution is -2.54. The molecule has 2 rings (SSSR count). The average molecular weight is 316 g/mol. The standard InChI is InChI=1S/C14H24N2O4S/c17-13(18)12-10-21-9-7-16(12)14(19)15-6-8-20-11-4-2-1-3-5-11/h11-12H,1-10H2,(H,15,19)(H,17,18). The number of nitrogens with zero attached hydrogens (tertiary/aromatic N) is 1. The van der Waals surface area contributed by atoms with Crippen molar-refractivity contribution in [1.82, 2.24) is 10.2 Å². The van der Waals surface area contributed by atoms with Gasteiger partial charge in [0.1, 0.15) is 6.04 Å². The van der Waals surface area contributed by atoms with Crippen LogP contribution in [0.1, 0.15) is 32.1 Å². The van der Waals surface area contributed by atoms with Gasteiger partial charge in [-0.25, -0.2) is 9.59 Å². The largest absolute Gasteiger partial charge is 0.480 e. The van der Waals surface area contributed by atoms with Gasteiger partial charge in [-0.1, -0.05) is 19.3 Å². The number of ether oxygens (including phenoxy) is 1. The quantitative estimate of drug-likeness (QED) is 0.752. The molecule has 120 valence electrons. The number of thioether (sulfide) groups is 1.